The monoisotopic (exact) mass is 383 g/mol. The summed E-state index contributed by atoms with van der Waals surface area (Å²) in [6, 6.07) is 7.37. The molecule has 1 aliphatic heterocycles. The molecule has 28 heavy (non-hydrogen) atoms. The Hall–Kier alpha value is -2.37. The molecule has 0 radical (unpaired) electrons. The number of aromatic nitrogens is 2. The van der Waals surface area contributed by atoms with Crippen LogP contribution in [0.3, 0.4) is 0 Å². The minimum Gasteiger partial charge on any atom is -0.338 e. The van der Waals surface area contributed by atoms with Crippen LogP contribution in [0.5, 0.6) is 0 Å². The smallest absolute Gasteiger partial charge is 0.332 e. The van der Waals surface area contributed by atoms with Crippen LogP contribution in [-0.4, -0.2) is 32.5 Å². The van der Waals surface area contributed by atoms with Gasteiger partial charge in [0.1, 0.15) is 6.54 Å². The molecular formula is C22H29N3O3. The van der Waals surface area contributed by atoms with Crippen LogP contribution in [0.4, 0.5) is 0 Å². The van der Waals surface area contributed by atoms with E-state index in [-0.39, 0.29) is 35.8 Å². The van der Waals surface area contributed by atoms with Crippen LogP contribution in [-0.2, 0) is 11.3 Å². The van der Waals surface area contributed by atoms with E-state index >= 15 is 0 Å². The molecule has 6 nitrogen and oxygen atoms in total. The molecule has 1 saturated heterocycles. The molecule has 2 fully saturated rings. The van der Waals surface area contributed by atoms with E-state index < -0.39 is 0 Å². The number of piperidine rings is 1. The number of hydrogen-bond acceptors (Lipinski definition) is 3. The van der Waals surface area contributed by atoms with Gasteiger partial charge in [-0.1, -0.05) is 31.9 Å². The fraction of sp³-hybridized carbons (Fsp3) is 0.591. The van der Waals surface area contributed by atoms with Crippen molar-refractivity contribution in [3.8, 4) is 0 Å². The predicted octanol–water partition coefficient (Wildman–Crippen LogP) is 3.07. The van der Waals surface area contributed by atoms with Gasteiger partial charge in [0.25, 0.3) is 5.56 Å². The molecule has 1 unspecified atom stereocenters. The Kier molecular flexibility index (Phi) is 5.38. The van der Waals surface area contributed by atoms with Crippen molar-refractivity contribution in [3.05, 3.63) is 45.1 Å². The molecule has 1 aliphatic carbocycles. The van der Waals surface area contributed by atoms with E-state index in [1.165, 1.54) is 9.13 Å². The molecule has 6 heteroatoms. The van der Waals surface area contributed by atoms with Gasteiger partial charge in [0.2, 0.25) is 5.91 Å². The quantitative estimate of drug-likeness (QED) is 0.815. The number of para-hydroxylation sites is 1. The lowest BCUT2D eigenvalue weighted by Gasteiger charge is -2.35. The lowest BCUT2D eigenvalue weighted by atomic mass is 10.00. The highest BCUT2D eigenvalue weighted by Crippen LogP contribution is 2.27. The van der Waals surface area contributed by atoms with Gasteiger partial charge in [-0.2, -0.15) is 0 Å². The second-order valence-corrected chi connectivity index (χ2v) is 8.14. The van der Waals surface area contributed by atoms with Gasteiger partial charge < -0.3 is 4.90 Å². The van der Waals surface area contributed by atoms with E-state index in [1.807, 2.05) is 17.0 Å². The maximum atomic E-state index is 13.3. The average Bonchev–Trinajstić information content (AvgIpc) is 3.25. The Morgan fingerprint density at radius 1 is 1.04 bits per heavy atom. The van der Waals surface area contributed by atoms with Crippen LogP contribution in [0.1, 0.15) is 64.3 Å². The van der Waals surface area contributed by atoms with Gasteiger partial charge in [-0.05, 0) is 50.7 Å². The highest BCUT2D eigenvalue weighted by Gasteiger charge is 2.28. The number of fused-ring (bicyclic) bond motifs is 1. The molecule has 0 N–H and O–H groups in total. The Morgan fingerprint density at radius 3 is 2.50 bits per heavy atom. The summed E-state index contributed by atoms with van der Waals surface area (Å²) in [4.78, 5) is 41.4. The summed E-state index contributed by atoms with van der Waals surface area (Å²) in [6.45, 7) is 2.87. The molecule has 2 aromatic rings. The first-order valence-corrected chi connectivity index (χ1v) is 10.7. The Bertz CT molecular complexity index is 985. The second kappa shape index (κ2) is 7.94. The van der Waals surface area contributed by atoms with Crippen LogP contribution in [0.25, 0.3) is 10.9 Å². The standard InChI is InChI=1S/C22H29N3O3/c1-2-16-9-7-8-14-23(16)20(26)15-24-19-13-6-5-12-18(19)21(27)25(22(24)28)17-10-3-4-11-17/h5-6,12-13,16-17H,2-4,7-11,14-15H2,1H3. The summed E-state index contributed by atoms with van der Waals surface area (Å²) >= 11 is 0. The van der Waals surface area contributed by atoms with Crippen LogP contribution >= 0.6 is 0 Å². The summed E-state index contributed by atoms with van der Waals surface area (Å²) in [5.41, 5.74) is -0.000214. The fourth-order valence-electron chi connectivity index (χ4n) is 4.96. The Morgan fingerprint density at radius 2 is 1.75 bits per heavy atom. The molecule has 2 heterocycles. The van der Waals surface area contributed by atoms with E-state index in [9.17, 15) is 14.4 Å². The molecule has 1 aromatic carbocycles. The third-order valence-corrected chi connectivity index (χ3v) is 6.48. The van der Waals surface area contributed by atoms with Crippen LogP contribution in [0, 0.1) is 0 Å². The first-order valence-electron chi connectivity index (χ1n) is 10.7. The van der Waals surface area contributed by atoms with Crippen LogP contribution < -0.4 is 11.2 Å². The van der Waals surface area contributed by atoms with Crippen LogP contribution in [0.2, 0.25) is 0 Å². The molecule has 0 bridgehead atoms. The van der Waals surface area contributed by atoms with E-state index in [1.54, 1.807) is 12.1 Å². The highest BCUT2D eigenvalue weighted by molar-refractivity contribution is 5.82. The lowest BCUT2D eigenvalue weighted by Crippen LogP contribution is -2.48. The van der Waals surface area contributed by atoms with Gasteiger partial charge in [0.15, 0.2) is 0 Å². The number of carbonyl (C=O) groups excluding carboxylic acids is 1. The van der Waals surface area contributed by atoms with Gasteiger partial charge >= 0.3 is 5.69 Å². The highest BCUT2D eigenvalue weighted by atomic mass is 16.2. The Balaban J connectivity index is 1.78. The second-order valence-electron chi connectivity index (χ2n) is 8.14. The Labute approximate surface area is 164 Å². The zero-order chi connectivity index (χ0) is 19.7. The maximum absolute atomic E-state index is 13.3. The molecule has 0 spiro atoms. The summed E-state index contributed by atoms with van der Waals surface area (Å²) in [5, 5.41) is 0.521. The molecule has 2 aliphatic rings. The van der Waals surface area contributed by atoms with Gasteiger partial charge in [-0.25, -0.2) is 4.79 Å². The van der Waals surface area contributed by atoms with Crippen molar-refractivity contribution in [2.45, 2.75) is 76.9 Å². The van der Waals surface area contributed by atoms with Crippen molar-refractivity contribution in [2.75, 3.05) is 6.54 Å². The van der Waals surface area contributed by atoms with Crippen molar-refractivity contribution in [1.29, 1.82) is 0 Å². The van der Waals surface area contributed by atoms with Gasteiger partial charge in [0.05, 0.1) is 10.9 Å². The topological polar surface area (TPSA) is 64.3 Å². The minimum atomic E-state index is -0.339. The third-order valence-electron chi connectivity index (χ3n) is 6.48. The number of carbonyl (C=O) groups is 1. The van der Waals surface area contributed by atoms with Gasteiger partial charge in [-0.3, -0.25) is 18.7 Å². The molecule has 4 rings (SSSR count). The summed E-state index contributed by atoms with van der Waals surface area (Å²) < 4.78 is 2.94. The number of hydrogen-bond donors (Lipinski definition) is 0. The number of nitrogens with zero attached hydrogens (tertiary/aromatic N) is 3. The van der Waals surface area contributed by atoms with E-state index in [4.69, 9.17) is 0 Å². The van der Waals surface area contributed by atoms with Crippen molar-refractivity contribution in [1.82, 2.24) is 14.0 Å². The molecule has 1 saturated carbocycles. The van der Waals surface area contributed by atoms with Gasteiger partial charge in [-0.15, -0.1) is 0 Å². The maximum Gasteiger partial charge on any atom is 0.332 e. The minimum absolute atomic E-state index is 0.00282. The SMILES string of the molecule is CCC1CCCCN1C(=O)Cn1c(=O)n(C2CCCC2)c(=O)c2ccccc21. The fourth-order valence-corrected chi connectivity index (χ4v) is 4.96. The molecule has 1 atom stereocenters. The molecule has 1 aromatic heterocycles. The van der Waals surface area contributed by atoms with Crippen molar-refractivity contribution in [3.63, 3.8) is 0 Å². The largest absolute Gasteiger partial charge is 0.338 e. The molecule has 150 valence electrons. The van der Waals surface area contributed by atoms with E-state index in [2.05, 4.69) is 6.92 Å². The molecular weight excluding hydrogens is 354 g/mol. The molecule has 1 amide bonds. The van der Waals surface area contributed by atoms with Crippen LogP contribution in [0.15, 0.2) is 33.9 Å². The zero-order valence-electron chi connectivity index (χ0n) is 16.6. The van der Waals surface area contributed by atoms with Crippen molar-refractivity contribution < 1.29 is 4.79 Å². The lowest BCUT2D eigenvalue weighted by molar-refractivity contribution is -0.135. The average molecular weight is 383 g/mol. The summed E-state index contributed by atoms with van der Waals surface area (Å²) in [6.07, 6.45) is 7.90. The summed E-state index contributed by atoms with van der Waals surface area (Å²) in [7, 11) is 0. The van der Waals surface area contributed by atoms with E-state index in [0.717, 1.165) is 57.9 Å². The third kappa shape index (κ3) is 3.29. The van der Waals surface area contributed by atoms with Crippen molar-refractivity contribution in [2.24, 2.45) is 0 Å². The zero-order valence-corrected chi connectivity index (χ0v) is 16.6. The first-order chi connectivity index (χ1) is 13.6. The van der Waals surface area contributed by atoms with Crippen molar-refractivity contribution >= 4 is 16.8 Å². The number of amides is 1. The number of likely N-dealkylation sites (tertiary alicyclic amines) is 1. The number of benzene rings is 1. The number of rotatable bonds is 4. The predicted molar refractivity (Wildman–Crippen MR) is 110 cm³/mol. The van der Waals surface area contributed by atoms with E-state index in [0.29, 0.717) is 10.9 Å². The summed E-state index contributed by atoms with van der Waals surface area (Å²) in [5.74, 6) is -0.0181. The first kappa shape index (κ1) is 19.0. The van der Waals surface area contributed by atoms with Gasteiger partial charge in [0, 0.05) is 18.6 Å². The normalized spacial score (nSPS) is 20.8.